The summed E-state index contributed by atoms with van der Waals surface area (Å²) in [5, 5.41) is 10.7. The monoisotopic (exact) mass is 293 g/mol. The summed E-state index contributed by atoms with van der Waals surface area (Å²) in [5.41, 5.74) is 7.46. The van der Waals surface area contributed by atoms with E-state index in [0.29, 0.717) is 12.2 Å². The summed E-state index contributed by atoms with van der Waals surface area (Å²) in [5.74, 6) is -0.170. The molecule has 7 heteroatoms. The minimum absolute atomic E-state index is 0.170. The van der Waals surface area contributed by atoms with Crippen molar-refractivity contribution >= 4 is 28.7 Å². The number of aromatic amines is 1. The van der Waals surface area contributed by atoms with Crippen molar-refractivity contribution in [1.29, 1.82) is 0 Å². The highest BCUT2D eigenvalue weighted by molar-refractivity contribution is 8.00. The second-order valence-electron chi connectivity index (χ2n) is 5.08. The van der Waals surface area contributed by atoms with E-state index in [1.54, 1.807) is 18.0 Å². The van der Waals surface area contributed by atoms with Crippen LogP contribution in [0.3, 0.4) is 0 Å². The molecule has 0 radical (unpaired) electrons. The molecule has 1 atom stereocenters. The smallest absolute Gasteiger partial charge is 0.238 e. The zero-order valence-electron chi connectivity index (χ0n) is 11.8. The Hall–Kier alpha value is -1.60. The number of pyridine rings is 1. The topological polar surface area (TPSA) is 96.7 Å². The van der Waals surface area contributed by atoms with Gasteiger partial charge in [-0.05, 0) is 32.2 Å². The maximum Gasteiger partial charge on any atom is 0.238 e. The highest BCUT2D eigenvalue weighted by Crippen LogP contribution is 2.24. The van der Waals surface area contributed by atoms with Crippen molar-refractivity contribution in [2.45, 2.75) is 31.2 Å². The first-order valence-corrected chi connectivity index (χ1v) is 7.54. The van der Waals surface area contributed by atoms with Gasteiger partial charge in [0.2, 0.25) is 5.91 Å². The fourth-order valence-corrected chi connectivity index (χ4v) is 2.13. The van der Waals surface area contributed by atoms with E-state index in [-0.39, 0.29) is 10.7 Å². The summed E-state index contributed by atoms with van der Waals surface area (Å²) in [6.07, 6.45) is 3.63. The lowest BCUT2D eigenvalue weighted by Gasteiger charge is -2.28. The van der Waals surface area contributed by atoms with Gasteiger partial charge in [-0.1, -0.05) is 0 Å². The number of aromatic nitrogens is 3. The average molecular weight is 293 g/mol. The van der Waals surface area contributed by atoms with Crippen molar-refractivity contribution in [2.75, 3.05) is 6.26 Å². The number of nitrogens with one attached hydrogen (secondary N) is 2. The van der Waals surface area contributed by atoms with E-state index in [0.717, 1.165) is 11.1 Å². The molecule has 4 N–H and O–H groups in total. The maximum atomic E-state index is 12.1. The number of fused-ring (bicyclic) bond motifs is 1. The molecule has 0 fully saturated rings. The van der Waals surface area contributed by atoms with Gasteiger partial charge in [-0.15, -0.1) is 0 Å². The van der Waals surface area contributed by atoms with Gasteiger partial charge >= 0.3 is 0 Å². The van der Waals surface area contributed by atoms with E-state index in [2.05, 4.69) is 20.5 Å². The molecular formula is C13H19N5OS. The molecule has 2 aromatic heterocycles. The van der Waals surface area contributed by atoms with Crippen LogP contribution < -0.4 is 11.1 Å². The van der Waals surface area contributed by atoms with Crippen molar-refractivity contribution in [1.82, 2.24) is 20.5 Å². The Kier molecular flexibility index (Phi) is 4.29. The number of nitrogens with zero attached hydrogens (tertiary/aromatic N) is 2. The summed E-state index contributed by atoms with van der Waals surface area (Å²) in [4.78, 5) is 16.2. The first-order valence-electron chi connectivity index (χ1n) is 6.32. The number of hydrogen-bond acceptors (Lipinski definition) is 5. The molecule has 2 heterocycles. The quantitative estimate of drug-likeness (QED) is 0.765. The van der Waals surface area contributed by atoms with Crippen LogP contribution in [0, 0.1) is 0 Å². The van der Waals surface area contributed by atoms with Crippen LogP contribution in [0.1, 0.15) is 19.5 Å². The van der Waals surface area contributed by atoms with Gasteiger partial charge in [0.05, 0.1) is 18.3 Å². The van der Waals surface area contributed by atoms with Gasteiger partial charge in [0.15, 0.2) is 5.65 Å². The molecule has 0 aliphatic carbocycles. The minimum atomic E-state index is -0.565. The largest absolute Gasteiger partial charge is 0.349 e. The molecule has 20 heavy (non-hydrogen) atoms. The van der Waals surface area contributed by atoms with Crippen LogP contribution in [-0.2, 0) is 11.3 Å². The minimum Gasteiger partial charge on any atom is -0.349 e. The van der Waals surface area contributed by atoms with Crippen molar-refractivity contribution in [3.8, 4) is 0 Å². The van der Waals surface area contributed by atoms with Gasteiger partial charge in [-0.25, -0.2) is 4.98 Å². The van der Waals surface area contributed by atoms with Gasteiger partial charge in [-0.2, -0.15) is 16.9 Å². The Bertz CT molecular complexity index is 610. The van der Waals surface area contributed by atoms with Gasteiger partial charge < -0.3 is 11.1 Å². The van der Waals surface area contributed by atoms with E-state index in [1.807, 2.05) is 32.2 Å². The molecule has 0 spiro atoms. The van der Waals surface area contributed by atoms with Crippen LogP contribution in [0.2, 0.25) is 0 Å². The maximum absolute atomic E-state index is 12.1. The summed E-state index contributed by atoms with van der Waals surface area (Å²) < 4.78 is -0.304. The third-order valence-corrected chi connectivity index (χ3v) is 4.71. The lowest BCUT2D eigenvalue weighted by molar-refractivity contribution is -0.123. The van der Waals surface area contributed by atoms with Crippen LogP contribution in [0.15, 0.2) is 18.3 Å². The summed E-state index contributed by atoms with van der Waals surface area (Å²) in [6, 6.07) is 3.19. The van der Waals surface area contributed by atoms with Crippen LogP contribution in [0.25, 0.3) is 11.0 Å². The lowest BCUT2D eigenvalue weighted by atomic mass is 10.0. The molecule has 0 aromatic carbocycles. The fourth-order valence-electron chi connectivity index (χ4n) is 1.77. The molecule has 0 aliphatic heterocycles. The molecular weight excluding hydrogens is 274 g/mol. The third kappa shape index (κ3) is 2.94. The molecule has 0 saturated heterocycles. The normalized spacial score (nSPS) is 13.4. The highest BCUT2D eigenvalue weighted by atomic mass is 32.2. The van der Waals surface area contributed by atoms with Crippen molar-refractivity contribution in [3.63, 3.8) is 0 Å². The Labute approximate surface area is 121 Å². The number of rotatable bonds is 5. The van der Waals surface area contributed by atoms with E-state index in [1.165, 1.54) is 0 Å². The Morgan fingerprint density at radius 2 is 2.35 bits per heavy atom. The standard InChI is InChI=1S/C13H19N5OS/c1-13(2,20-3)10(14)12(19)16-7-9-8-5-4-6-15-11(8)18-17-9/h4-6,10H,7,14H2,1-3H3,(H,16,19)(H,15,17,18)/t10-/m1/s1. The number of nitrogens with two attached hydrogens (primary N) is 1. The highest BCUT2D eigenvalue weighted by Gasteiger charge is 2.31. The molecule has 2 rings (SSSR count). The number of hydrogen-bond donors (Lipinski definition) is 3. The van der Waals surface area contributed by atoms with E-state index in [9.17, 15) is 4.79 Å². The average Bonchev–Trinajstić information content (AvgIpc) is 2.87. The van der Waals surface area contributed by atoms with Crippen LogP contribution in [0.4, 0.5) is 0 Å². The predicted octanol–water partition coefficient (Wildman–Crippen LogP) is 1.04. The van der Waals surface area contributed by atoms with Crippen LogP contribution in [-0.4, -0.2) is 38.1 Å². The predicted molar refractivity (Wildman–Crippen MR) is 81.3 cm³/mol. The Morgan fingerprint density at radius 1 is 1.60 bits per heavy atom. The number of carbonyl (C=O) groups excluding carboxylic acids is 1. The second-order valence-corrected chi connectivity index (χ2v) is 6.54. The molecule has 0 bridgehead atoms. The first kappa shape index (κ1) is 14.8. The number of thioether (sulfide) groups is 1. The van der Waals surface area contributed by atoms with Crippen molar-refractivity contribution in [3.05, 3.63) is 24.0 Å². The van der Waals surface area contributed by atoms with E-state index < -0.39 is 6.04 Å². The fraction of sp³-hybridized carbons (Fsp3) is 0.462. The molecule has 0 unspecified atom stereocenters. The SMILES string of the molecule is CSC(C)(C)[C@H](N)C(=O)NCc1[nH]nc2ncccc12. The van der Waals surface area contributed by atoms with Gasteiger partial charge in [0.1, 0.15) is 0 Å². The van der Waals surface area contributed by atoms with Crippen molar-refractivity contribution in [2.24, 2.45) is 5.73 Å². The second kappa shape index (κ2) is 5.80. The van der Waals surface area contributed by atoms with Gasteiger partial charge in [0, 0.05) is 16.3 Å². The van der Waals surface area contributed by atoms with Gasteiger partial charge in [0.25, 0.3) is 0 Å². The summed E-state index contributed by atoms with van der Waals surface area (Å²) >= 11 is 1.57. The molecule has 0 saturated carbocycles. The zero-order valence-corrected chi connectivity index (χ0v) is 12.6. The van der Waals surface area contributed by atoms with Crippen LogP contribution >= 0.6 is 11.8 Å². The Morgan fingerprint density at radius 3 is 3.05 bits per heavy atom. The summed E-state index contributed by atoms with van der Waals surface area (Å²) in [6.45, 7) is 4.27. The molecule has 1 amide bonds. The molecule has 2 aromatic rings. The first-order chi connectivity index (χ1) is 9.45. The van der Waals surface area contributed by atoms with Crippen LogP contribution in [0.5, 0.6) is 0 Å². The Balaban J connectivity index is 2.04. The number of H-pyrrole nitrogens is 1. The van der Waals surface area contributed by atoms with E-state index in [4.69, 9.17) is 5.73 Å². The molecule has 108 valence electrons. The molecule has 0 aliphatic rings. The lowest BCUT2D eigenvalue weighted by Crippen LogP contribution is -2.51. The van der Waals surface area contributed by atoms with E-state index >= 15 is 0 Å². The third-order valence-electron chi connectivity index (χ3n) is 3.41. The van der Waals surface area contributed by atoms with Gasteiger partial charge in [-0.3, -0.25) is 9.89 Å². The van der Waals surface area contributed by atoms with Crippen molar-refractivity contribution < 1.29 is 4.79 Å². The summed E-state index contributed by atoms with van der Waals surface area (Å²) in [7, 11) is 0. The number of carbonyl (C=O) groups is 1. The number of amides is 1. The molecule has 6 nitrogen and oxygen atoms in total. The zero-order chi connectivity index (χ0) is 14.8.